The second kappa shape index (κ2) is 5.55. The summed E-state index contributed by atoms with van der Waals surface area (Å²) in [6, 6.07) is 2.79. The molecule has 1 heterocycles. The smallest absolute Gasteiger partial charge is 0.224 e. The van der Waals surface area contributed by atoms with Crippen LogP contribution in [0.1, 0.15) is 39.3 Å². The Morgan fingerprint density at radius 3 is 2.67 bits per heavy atom. The molecule has 0 aliphatic heterocycles. The van der Waals surface area contributed by atoms with E-state index in [9.17, 15) is 0 Å². The normalized spacial score (nSPS) is 14.9. The molecule has 0 radical (unpaired) electrons. The highest BCUT2D eigenvalue weighted by atomic mass is 15.3. The van der Waals surface area contributed by atoms with Gasteiger partial charge in [0.25, 0.3) is 0 Å². The summed E-state index contributed by atoms with van der Waals surface area (Å²) in [6.45, 7) is 10.6. The van der Waals surface area contributed by atoms with Gasteiger partial charge in [-0.05, 0) is 32.6 Å². The Morgan fingerprint density at radius 1 is 1.39 bits per heavy atom. The quantitative estimate of drug-likeness (QED) is 0.840. The first kappa shape index (κ1) is 13.1. The fourth-order valence-corrected chi connectivity index (χ4v) is 2.15. The third kappa shape index (κ3) is 3.34. The largest absolute Gasteiger partial charge is 0.354 e. The Labute approximate surface area is 110 Å². The van der Waals surface area contributed by atoms with E-state index in [-0.39, 0.29) is 0 Å². The first-order valence-corrected chi connectivity index (χ1v) is 6.96. The lowest BCUT2D eigenvalue weighted by Gasteiger charge is -2.26. The molecule has 1 aromatic heterocycles. The summed E-state index contributed by atoms with van der Waals surface area (Å²) in [5.74, 6) is 2.49. The first-order chi connectivity index (χ1) is 8.60. The molecule has 0 atom stereocenters. The zero-order chi connectivity index (χ0) is 13.1. The van der Waals surface area contributed by atoms with E-state index >= 15 is 0 Å². The van der Waals surface area contributed by atoms with Crippen LogP contribution in [0.15, 0.2) is 6.07 Å². The SMILES string of the molecule is CCNc1nc(C)cc(N(CC(C)C)C2CC2)n1. The lowest BCUT2D eigenvalue weighted by molar-refractivity contribution is 0.602. The summed E-state index contributed by atoms with van der Waals surface area (Å²) in [7, 11) is 0. The van der Waals surface area contributed by atoms with Gasteiger partial charge in [-0.3, -0.25) is 0 Å². The molecular weight excluding hydrogens is 224 g/mol. The van der Waals surface area contributed by atoms with E-state index in [2.05, 4.69) is 47.0 Å². The number of nitrogens with one attached hydrogen (secondary N) is 1. The van der Waals surface area contributed by atoms with E-state index in [1.807, 2.05) is 6.92 Å². The summed E-state index contributed by atoms with van der Waals surface area (Å²) in [5.41, 5.74) is 1.03. The summed E-state index contributed by atoms with van der Waals surface area (Å²) in [6.07, 6.45) is 2.60. The van der Waals surface area contributed by atoms with E-state index in [4.69, 9.17) is 0 Å². The van der Waals surface area contributed by atoms with Gasteiger partial charge < -0.3 is 10.2 Å². The molecule has 1 aromatic rings. The molecule has 1 aliphatic rings. The summed E-state index contributed by atoms with van der Waals surface area (Å²) in [5, 5.41) is 3.21. The molecule has 1 saturated carbocycles. The highest BCUT2D eigenvalue weighted by Gasteiger charge is 2.30. The molecule has 0 aromatic carbocycles. The van der Waals surface area contributed by atoms with Crippen LogP contribution in [-0.2, 0) is 0 Å². The second-order valence-electron chi connectivity index (χ2n) is 5.50. The van der Waals surface area contributed by atoms with Crippen molar-refractivity contribution in [3.05, 3.63) is 11.8 Å². The van der Waals surface area contributed by atoms with Crippen molar-refractivity contribution in [3.63, 3.8) is 0 Å². The van der Waals surface area contributed by atoms with Crippen molar-refractivity contribution in [2.45, 2.75) is 46.6 Å². The van der Waals surface area contributed by atoms with Gasteiger partial charge in [-0.1, -0.05) is 13.8 Å². The lowest BCUT2D eigenvalue weighted by Crippen LogP contribution is -2.31. The monoisotopic (exact) mass is 248 g/mol. The van der Waals surface area contributed by atoms with Crippen molar-refractivity contribution >= 4 is 11.8 Å². The van der Waals surface area contributed by atoms with Crippen molar-refractivity contribution in [1.82, 2.24) is 9.97 Å². The Balaban J connectivity index is 2.22. The lowest BCUT2D eigenvalue weighted by atomic mass is 10.2. The van der Waals surface area contributed by atoms with Gasteiger partial charge in [0.1, 0.15) is 5.82 Å². The van der Waals surface area contributed by atoms with Crippen LogP contribution in [0.25, 0.3) is 0 Å². The maximum Gasteiger partial charge on any atom is 0.224 e. The van der Waals surface area contributed by atoms with Crippen molar-refractivity contribution in [3.8, 4) is 0 Å². The minimum Gasteiger partial charge on any atom is -0.354 e. The number of aryl methyl sites for hydroxylation is 1. The maximum absolute atomic E-state index is 4.64. The van der Waals surface area contributed by atoms with Gasteiger partial charge in [0, 0.05) is 30.9 Å². The standard InChI is InChI=1S/C14H24N4/c1-5-15-14-16-11(4)8-13(17-14)18(9-10(2)3)12-6-7-12/h8,10,12H,5-7,9H2,1-4H3,(H,15,16,17). The zero-order valence-corrected chi connectivity index (χ0v) is 11.9. The summed E-state index contributed by atoms with van der Waals surface area (Å²) in [4.78, 5) is 11.5. The minimum absolute atomic E-state index is 0.656. The van der Waals surface area contributed by atoms with Crippen molar-refractivity contribution in [2.75, 3.05) is 23.3 Å². The van der Waals surface area contributed by atoms with E-state index in [1.54, 1.807) is 0 Å². The molecule has 1 fully saturated rings. The van der Waals surface area contributed by atoms with Crippen LogP contribution < -0.4 is 10.2 Å². The van der Waals surface area contributed by atoms with Gasteiger partial charge in [0.05, 0.1) is 0 Å². The Hall–Kier alpha value is -1.32. The number of anilines is 2. The molecule has 1 aliphatic carbocycles. The van der Waals surface area contributed by atoms with Gasteiger partial charge in [0.2, 0.25) is 5.95 Å². The number of hydrogen-bond donors (Lipinski definition) is 1. The van der Waals surface area contributed by atoms with Gasteiger partial charge in [-0.15, -0.1) is 0 Å². The molecule has 4 heteroatoms. The van der Waals surface area contributed by atoms with Gasteiger partial charge >= 0.3 is 0 Å². The summed E-state index contributed by atoms with van der Waals surface area (Å²) < 4.78 is 0. The van der Waals surface area contributed by atoms with Gasteiger partial charge in [-0.25, -0.2) is 4.98 Å². The van der Waals surface area contributed by atoms with Crippen LogP contribution in [0.3, 0.4) is 0 Å². The highest BCUT2D eigenvalue weighted by Crippen LogP contribution is 2.31. The number of rotatable bonds is 6. The van der Waals surface area contributed by atoms with E-state index in [0.717, 1.165) is 30.5 Å². The van der Waals surface area contributed by atoms with Crippen LogP contribution in [0.2, 0.25) is 0 Å². The van der Waals surface area contributed by atoms with Crippen LogP contribution in [-0.4, -0.2) is 29.1 Å². The molecule has 0 bridgehead atoms. The molecule has 100 valence electrons. The fourth-order valence-electron chi connectivity index (χ4n) is 2.15. The number of nitrogens with zero attached hydrogens (tertiary/aromatic N) is 3. The molecule has 0 amide bonds. The van der Waals surface area contributed by atoms with Crippen LogP contribution in [0.5, 0.6) is 0 Å². The number of hydrogen-bond acceptors (Lipinski definition) is 4. The second-order valence-corrected chi connectivity index (χ2v) is 5.50. The molecule has 1 N–H and O–H groups in total. The van der Waals surface area contributed by atoms with Crippen LogP contribution >= 0.6 is 0 Å². The van der Waals surface area contributed by atoms with Crippen molar-refractivity contribution in [2.24, 2.45) is 5.92 Å². The number of aromatic nitrogens is 2. The maximum atomic E-state index is 4.64. The average Bonchev–Trinajstić information content (AvgIpc) is 3.09. The Bertz CT molecular complexity index is 399. The molecule has 18 heavy (non-hydrogen) atoms. The third-order valence-electron chi connectivity index (χ3n) is 3.02. The molecule has 2 rings (SSSR count). The topological polar surface area (TPSA) is 41.1 Å². The molecular formula is C14H24N4. The predicted molar refractivity (Wildman–Crippen MR) is 76.1 cm³/mol. The van der Waals surface area contributed by atoms with Crippen molar-refractivity contribution in [1.29, 1.82) is 0 Å². The van der Waals surface area contributed by atoms with Crippen LogP contribution in [0.4, 0.5) is 11.8 Å². The molecule has 0 unspecified atom stereocenters. The van der Waals surface area contributed by atoms with E-state index in [0.29, 0.717) is 12.0 Å². The summed E-state index contributed by atoms with van der Waals surface area (Å²) >= 11 is 0. The first-order valence-electron chi connectivity index (χ1n) is 6.96. The van der Waals surface area contributed by atoms with E-state index in [1.165, 1.54) is 12.8 Å². The van der Waals surface area contributed by atoms with Gasteiger partial charge in [0.15, 0.2) is 0 Å². The Kier molecular flexibility index (Phi) is 4.04. The fraction of sp³-hybridized carbons (Fsp3) is 0.714. The molecule has 4 nitrogen and oxygen atoms in total. The zero-order valence-electron chi connectivity index (χ0n) is 11.9. The third-order valence-corrected chi connectivity index (χ3v) is 3.02. The predicted octanol–water partition coefficient (Wildman–Crippen LogP) is 2.84. The molecule has 0 spiro atoms. The molecule has 0 saturated heterocycles. The van der Waals surface area contributed by atoms with Crippen molar-refractivity contribution < 1.29 is 0 Å². The minimum atomic E-state index is 0.656. The average molecular weight is 248 g/mol. The van der Waals surface area contributed by atoms with Crippen LogP contribution in [0, 0.1) is 12.8 Å². The highest BCUT2D eigenvalue weighted by molar-refractivity contribution is 5.46. The Morgan fingerprint density at radius 2 is 2.11 bits per heavy atom. The van der Waals surface area contributed by atoms with E-state index < -0.39 is 0 Å². The van der Waals surface area contributed by atoms with Gasteiger partial charge in [-0.2, -0.15) is 4.98 Å².